The van der Waals surface area contributed by atoms with E-state index in [0.717, 1.165) is 32.1 Å². The van der Waals surface area contributed by atoms with E-state index in [0.29, 0.717) is 12.3 Å². The Kier molecular flexibility index (Phi) is 5.11. The Morgan fingerprint density at radius 3 is 2.42 bits per heavy atom. The highest BCUT2D eigenvalue weighted by Gasteiger charge is 2.51. The van der Waals surface area contributed by atoms with E-state index in [1.165, 1.54) is 12.8 Å². The normalized spacial score (nSPS) is 33.4. The van der Waals surface area contributed by atoms with E-state index in [-0.39, 0.29) is 29.7 Å². The van der Waals surface area contributed by atoms with Gasteiger partial charge in [-0.25, -0.2) is 0 Å². The van der Waals surface area contributed by atoms with Gasteiger partial charge in [0.2, 0.25) is 11.8 Å². The quantitative estimate of drug-likeness (QED) is 0.688. The Labute approximate surface area is 142 Å². The van der Waals surface area contributed by atoms with Crippen LogP contribution in [0.4, 0.5) is 0 Å². The molecular weight excluding hydrogens is 308 g/mol. The van der Waals surface area contributed by atoms with Crippen LogP contribution in [0.3, 0.4) is 0 Å². The van der Waals surface area contributed by atoms with Gasteiger partial charge in [-0.2, -0.15) is 0 Å². The number of carboxylic acid groups (broad SMARTS) is 1. The van der Waals surface area contributed by atoms with E-state index in [1.807, 2.05) is 0 Å². The van der Waals surface area contributed by atoms with E-state index in [1.54, 1.807) is 6.92 Å². The second-order valence-electron chi connectivity index (χ2n) is 7.88. The average Bonchev–Trinajstić information content (AvgIpc) is 3.23. The lowest BCUT2D eigenvalue weighted by atomic mass is 9.84. The number of nitrogens with one attached hydrogen (secondary N) is 2. The van der Waals surface area contributed by atoms with Gasteiger partial charge in [0.05, 0.1) is 5.92 Å². The second-order valence-corrected chi connectivity index (χ2v) is 7.88. The van der Waals surface area contributed by atoms with Crippen LogP contribution in [0.15, 0.2) is 0 Å². The van der Waals surface area contributed by atoms with Crippen LogP contribution in [0.2, 0.25) is 0 Å². The molecule has 3 fully saturated rings. The minimum absolute atomic E-state index is 0.0766. The summed E-state index contributed by atoms with van der Waals surface area (Å²) in [5, 5.41) is 15.1. The van der Waals surface area contributed by atoms with E-state index in [4.69, 9.17) is 0 Å². The predicted octanol–water partition coefficient (Wildman–Crippen LogP) is 1.69. The zero-order valence-electron chi connectivity index (χ0n) is 14.3. The summed E-state index contributed by atoms with van der Waals surface area (Å²) < 4.78 is 0. The molecule has 0 radical (unpaired) electrons. The summed E-state index contributed by atoms with van der Waals surface area (Å²) in [6, 6.07) is -0.907. The molecule has 3 aliphatic rings. The zero-order chi connectivity index (χ0) is 17.3. The fourth-order valence-corrected chi connectivity index (χ4v) is 4.99. The van der Waals surface area contributed by atoms with Gasteiger partial charge in [0.25, 0.3) is 0 Å². The number of fused-ring (bicyclic) bond motifs is 2. The van der Waals surface area contributed by atoms with Gasteiger partial charge in [-0.15, -0.1) is 0 Å². The molecule has 0 unspecified atom stereocenters. The van der Waals surface area contributed by atoms with Crippen molar-refractivity contribution in [2.45, 2.75) is 70.4 Å². The number of carbonyl (C=O) groups excluding carboxylic acids is 2. The van der Waals surface area contributed by atoms with Crippen molar-refractivity contribution in [2.24, 2.45) is 23.7 Å². The van der Waals surface area contributed by atoms with Crippen LogP contribution in [0.1, 0.15) is 58.3 Å². The number of carboxylic acids is 1. The molecule has 2 amide bonds. The van der Waals surface area contributed by atoms with Crippen LogP contribution in [-0.2, 0) is 14.4 Å². The van der Waals surface area contributed by atoms with Crippen molar-refractivity contribution in [1.29, 1.82) is 0 Å². The third-order valence-electron chi connectivity index (χ3n) is 6.23. The van der Waals surface area contributed by atoms with Gasteiger partial charge in [-0.1, -0.05) is 12.8 Å². The molecule has 0 aromatic carbocycles. The third kappa shape index (κ3) is 3.57. The molecule has 0 aromatic heterocycles. The van der Waals surface area contributed by atoms with Gasteiger partial charge < -0.3 is 15.7 Å². The van der Waals surface area contributed by atoms with Gasteiger partial charge in [0.1, 0.15) is 6.04 Å². The molecule has 3 rings (SSSR count). The van der Waals surface area contributed by atoms with E-state index in [9.17, 15) is 19.5 Å². The van der Waals surface area contributed by atoms with Crippen molar-refractivity contribution in [3.8, 4) is 0 Å². The van der Waals surface area contributed by atoms with Crippen LogP contribution < -0.4 is 10.6 Å². The molecular formula is C18H28N2O4. The Balaban J connectivity index is 1.50. The molecule has 0 spiro atoms. The molecule has 0 heterocycles. The summed E-state index contributed by atoms with van der Waals surface area (Å²) in [6.45, 7) is 1.67. The van der Waals surface area contributed by atoms with Crippen molar-refractivity contribution >= 4 is 17.8 Å². The van der Waals surface area contributed by atoms with Crippen LogP contribution in [0.5, 0.6) is 0 Å². The second kappa shape index (κ2) is 7.11. The summed E-state index contributed by atoms with van der Waals surface area (Å²) in [5.74, 6) is -0.737. The van der Waals surface area contributed by atoms with Crippen molar-refractivity contribution in [3.05, 3.63) is 0 Å². The fraction of sp³-hybridized carbons (Fsp3) is 0.833. The van der Waals surface area contributed by atoms with E-state index >= 15 is 0 Å². The summed E-state index contributed by atoms with van der Waals surface area (Å²) in [6.07, 6.45) is 7.89. The number of carbonyl (C=O) groups is 3. The number of rotatable bonds is 6. The standard InChI is InChI=1S/C18H28N2O4/c1-10(19-14(21)8-11-4-2-3-5-11)17(22)20-16-13-7-6-12(9-13)15(16)18(23)24/h10-13,15-16H,2-9H2,1H3,(H,19,21)(H,20,22)(H,23,24)/t10-,12-,13-,15-,16-/m0/s1. The van der Waals surface area contributed by atoms with Crippen LogP contribution in [0, 0.1) is 23.7 Å². The van der Waals surface area contributed by atoms with Crippen LogP contribution in [0.25, 0.3) is 0 Å². The first kappa shape index (κ1) is 17.2. The lowest BCUT2D eigenvalue weighted by molar-refractivity contribution is -0.145. The summed E-state index contributed by atoms with van der Waals surface area (Å²) in [4.78, 5) is 36.0. The largest absolute Gasteiger partial charge is 0.481 e. The Morgan fingerprint density at radius 2 is 1.75 bits per heavy atom. The van der Waals surface area contributed by atoms with Gasteiger partial charge in [0, 0.05) is 12.5 Å². The molecule has 24 heavy (non-hydrogen) atoms. The molecule has 134 valence electrons. The first-order chi connectivity index (χ1) is 11.5. The topological polar surface area (TPSA) is 95.5 Å². The number of amides is 2. The van der Waals surface area contributed by atoms with Gasteiger partial charge in [-0.05, 0) is 56.8 Å². The van der Waals surface area contributed by atoms with Crippen LogP contribution >= 0.6 is 0 Å². The van der Waals surface area contributed by atoms with Crippen molar-refractivity contribution in [1.82, 2.24) is 10.6 Å². The lowest BCUT2D eigenvalue weighted by Gasteiger charge is -2.30. The van der Waals surface area contributed by atoms with Crippen LogP contribution in [-0.4, -0.2) is 35.0 Å². The minimum atomic E-state index is -0.814. The number of hydrogen-bond donors (Lipinski definition) is 3. The van der Waals surface area contributed by atoms with Gasteiger partial charge >= 0.3 is 5.97 Å². The molecule has 3 N–H and O–H groups in total. The predicted molar refractivity (Wildman–Crippen MR) is 88.1 cm³/mol. The van der Waals surface area contributed by atoms with E-state index < -0.39 is 17.9 Å². The monoisotopic (exact) mass is 336 g/mol. The molecule has 3 aliphatic carbocycles. The van der Waals surface area contributed by atoms with Crippen molar-refractivity contribution in [2.75, 3.05) is 0 Å². The maximum Gasteiger partial charge on any atom is 0.308 e. The summed E-state index contributed by atoms with van der Waals surface area (Å²) >= 11 is 0. The smallest absolute Gasteiger partial charge is 0.308 e. The Bertz CT molecular complexity index is 515. The zero-order valence-corrected chi connectivity index (χ0v) is 14.3. The first-order valence-electron chi connectivity index (χ1n) is 9.28. The van der Waals surface area contributed by atoms with Crippen molar-refractivity contribution < 1.29 is 19.5 Å². The average molecular weight is 336 g/mol. The lowest BCUT2D eigenvalue weighted by Crippen LogP contribution is -2.53. The Morgan fingerprint density at radius 1 is 1.08 bits per heavy atom. The third-order valence-corrected chi connectivity index (χ3v) is 6.23. The van der Waals surface area contributed by atoms with E-state index in [2.05, 4.69) is 10.6 Å². The van der Waals surface area contributed by atoms with Gasteiger partial charge in [0.15, 0.2) is 0 Å². The molecule has 2 bridgehead atoms. The highest BCUT2D eigenvalue weighted by molar-refractivity contribution is 5.88. The number of hydrogen-bond acceptors (Lipinski definition) is 3. The maximum absolute atomic E-state index is 12.4. The molecule has 6 heteroatoms. The molecule has 0 saturated heterocycles. The maximum atomic E-state index is 12.4. The molecule has 0 aromatic rings. The molecule has 0 aliphatic heterocycles. The molecule has 3 saturated carbocycles. The minimum Gasteiger partial charge on any atom is -0.481 e. The first-order valence-corrected chi connectivity index (χ1v) is 9.28. The SMILES string of the molecule is C[C@H](NC(=O)CC1CCCC1)C(=O)N[C@H]1[C@H]2CC[C@@H](C2)[C@@H]1C(=O)O. The van der Waals surface area contributed by atoms with Gasteiger partial charge in [-0.3, -0.25) is 14.4 Å². The summed E-state index contributed by atoms with van der Waals surface area (Å²) in [5.41, 5.74) is 0. The number of aliphatic carboxylic acids is 1. The highest BCUT2D eigenvalue weighted by atomic mass is 16.4. The Hall–Kier alpha value is -1.59. The summed E-state index contributed by atoms with van der Waals surface area (Å²) in [7, 11) is 0. The van der Waals surface area contributed by atoms with Crippen molar-refractivity contribution in [3.63, 3.8) is 0 Å². The molecule has 5 atom stereocenters. The molecule has 6 nitrogen and oxygen atoms in total. The fourth-order valence-electron chi connectivity index (χ4n) is 4.99. The highest BCUT2D eigenvalue weighted by Crippen LogP contribution is 2.48.